The molecule has 2 N–H and O–H groups in total. The molecule has 2 aliphatic heterocycles. The molecule has 2 aliphatic rings. The summed E-state index contributed by atoms with van der Waals surface area (Å²) < 4.78 is 10.9. The van der Waals surface area contributed by atoms with E-state index in [-0.39, 0.29) is 0 Å². The van der Waals surface area contributed by atoms with Crippen LogP contribution in [0, 0.1) is 0 Å². The Balaban J connectivity index is 1.87. The summed E-state index contributed by atoms with van der Waals surface area (Å²) in [7, 11) is 0. The van der Waals surface area contributed by atoms with E-state index in [0.29, 0.717) is 42.4 Å². The molecule has 0 bridgehead atoms. The molecule has 0 saturated carbocycles. The average molecular weight is 309 g/mol. The third-order valence-corrected chi connectivity index (χ3v) is 4.78. The second-order valence-corrected chi connectivity index (χ2v) is 6.08. The van der Waals surface area contributed by atoms with Crippen molar-refractivity contribution < 1.29 is 24.2 Å². The van der Waals surface area contributed by atoms with Gasteiger partial charge in [-0.1, -0.05) is 6.07 Å². The molecule has 3 rings (SSSR count). The number of para-hydroxylation sites is 1. The van der Waals surface area contributed by atoms with Crippen molar-refractivity contribution in [3.05, 3.63) is 23.8 Å². The third kappa shape index (κ3) is 2.53. The molecular formula is C14H15NO5S. The number of carboxylic acids is 1. The van der Waals surface area contributed by atoms with Gasteiger partial charge >= 0.3 is 5.97 Å². The summed E-state index contributed by atoms with van der Waals surface area (Å²) in [4.78, 5) is 24.0. The number of hydrogen-bond acceptors (Lipinski definition) is 5. The molecule has 2 heterocycles. The van der Waals surface area contributed by atoms with Gasteiger partial charge in [0.15, 0.2) is 11.5 Å². The summed E-state index contributed by atoms with van der Waals surface area (Å²) in [6.07, 6.45) is 0.422. The first-order chi connectivity index (χ1) is 10.1. The largest absolute Gasteiger partial charge is 0.486 e. The summed E-state index contributed by atoms with van der Waals surface area (Å²) >= 11 is 1.52. The number of rotatable bonds is 3. The van der Waals surface area contributed by atoms with E-state index < -0.39 is 17.4 Å². The van der Waals surface area contributed by atoms with Crippen molar-refractivity contribution in [2.45, 2.75) is 12.0 Å². The van der Waals surface area contributed by atoms with Gasteiger partial charge in [-0.2, -0.15) is 11.8 Å². The fourth-order valence-electron chi connectivity index (χ4n) is 2.42. The Bertz CT molecular complexity index is 583. The number of hydrogen-bond donors (Lipinski definition) is 2. The van der Waals surface area contributed by atoms with Crippen LogP contribution in [-0.4, -0.2) is 47.2 Å². The Morgan fingerprint density at radius 2 is 2.10 bits per heavy atom. The number of carbonyl (C=O) groups excluding carboxylic acids is 1. The predicted octanol–water partition coefficient (Wildman–Crippen LogP) is 1.15. The van der Waals surface area contributed by atoms with Gasteiger partial charge in [0, 0.05) is 5.75 Å². The van der Waals surface area contributed by atoms with Crippen LogP contribution >= 0.6 is 11.8 Å². The zero-order valence-electron chi connectivity index (χ0n) is 11.3. The molecule has 21 heavy (non-hydrogen) atoms. The van der Waals surface area contributed by atoms with Crippen LogP contribution in [0.5, 0.6) is 11.5 Å². The Morgan fingerprint density at radius 3 is 2.81 bits per heavy atom. The van der Waals surface area contributed by atoms with Crippen LogP contribution in [0.15, 0.2) is 18.2 Å². The van der Waals surface area contributed by atoms with Gasteiger partial charge in [0.05, 0.1) is 5.56 Å². The smallest absolute Gasteiger partial charge is 0.330 e. The molecule has 1 atom stereocenters. The number of thioether (sulfide) groups is 1. The molecule has 112 valence electrons. The number of carboxylic acid groups (broad SMARTS) is 1. The van der Waals surface area contributed by atoms with Crippen molar-refractivity contribution in [2.75, 3.05) is 24.7 Å². The van der Waals surface area contributed by atoms with E-state index in [1.54, 1.807) is 18.2 Å². The Kier molecular flexibility index (Phi) is 3.67. The van der Waals surface area contributed by atoms with E-state index in [2.05, 4.69) is 5.32 Å². The van der Waals surface area contributed by atoms with Crippen LogP contribution in [0.2, 0.25) is 0 Å². The van der Waals surface area contributed by atoms with Crippen molar-refractivity contribution in [3.63, 3.8) is 0 Å². The maximum absolute atomic E-state index is 12.5. The lowest BCUT2D eigenvalue weighted by molar-refractivity contribution is -0.143. The fraction of sp³-hybridized carbons (Fsp3) is 0.429. The van der Waals surface area contributed by atoms with Crippen molar-refractivity contribution in [1.29, 1.82) is 0 Å². The Hall–Kier alpha value is -1.89. The number of fused-ring (bicyclic) bond motifs is 1. The van der Waals surface area contributed by atoms with Gasteiger partial charge in [0.1, 0.15) is 18.8 Å². The minimum atomic E-state index is -1.19. The topological polar surface area (TPSA) is 84.9 Å². The van der Waals surface area contributed by atoms with Gasteiger partial charge in [0.25, 0.3) is 5.91 Å². The number of aliphatic carboxylic acids is 1. The molecule has 1 aromatic rings. The first kappa shape index (κ1) is 14.1. The molecule has 6 nitrogen and oxygen atoms in total. The van der Waals surface area contributed by atoms with E-state index in [1.807, 2.05) is 0 Å². The van der Waals surface area contributed by atoms with Crippen LogP contribution in [0.4, 0.5) is 0 Å². The quantitative estimate of drug-likeness (QED) is 0.871. The standard InChI is InChI=1S/C14H15NO5S/c16-12(15-14(13(17)18)4-7-21-8-14)9-2-1-3-10-11(9)20-6-5-19-10/h1-3H,4-8H2,(H,15,16)(H,17,18)/t14-/m1/s1. The van der Waals surface area contributed by atoms with Gasteiger partial charge in [-0.05, 0) is 24.3 Å². The van der Waals surface area contributed by atoms with E-state index >= 15 is 0 Å². The maximum Gasteiger partial charge on any atom is 0.330 e. The van der Waals surface area contributed by atoms with Crippen LogP contribution in [0.1, 0.15) is 16.8 Å². The van der Waals surface area contributed by atoms with Gasteiger partial charge in [-0.25, -0.2) is 4.79 Å². The molecule has 0 radical (unpaired) electrons. The highest BCUT2D eigenvalue weighted by atomic mass is 32.2. The van der Waals surface area contributed by atoms with Gasteiger partial charge in [0.2, 0.25) is 0 Å². The zero-order chi connectivity index (χ0) is 14.9. The van der Waals surface area contributed by atoms with Crippen molar-refractivity contribution in [3.8, 4) is 11.5 Å². The molecule has 1 saturated heterocycles. The van der Waals surface area contributed by atoms with Crippen LogP contribution in [0.25, 0.3) is 0 Å². The molecule has 0 aliphatic carbocycles. The van der Waals surface area contributed by atoms with Crippen LogP contribution < -0.4 is 14.8 Å². The van der Waals surface area contributed by atoms with Gasteiger partial charge in [-0.3, -0.25) is 4.79 Å². The minimum absolute atomic E-state index is 0.310. The summed E-state index contributed by atoms with van der Waals surface area (Å²) in [6.45, 7) is 0.811. The molecule has 0 unspecified atom stereocenters. The Morgan fingerprint density at radius 1 is 1.29 bits per heavy atom. The van der Waals surface area contributed by atoms with Crippen molar-refractivity contribution in [2.24, 2.45) is 0 Å². The lowest BCUT2D eigenvalue weighted by Gasteiger charge is -2.26. The first-order valence-electron chi connectivity index (χ1n) is 6.65. The van der Waals surface area contributed by atoms with Gasteiger partial charge < -0.3 is 19.9 Å². The lowest BCUT2D eigenvalue weighted by Crippen LogP contribution is -2.54. The predicted molar refractivity (Wildman–Crippen MR) is 77.2 cm³/mol. The highest BCUT2D eigenvalue weighted by molar-refractivity contribution is 7.99. The summed E-state index contributed by atoms with van der Waals surface area (Å²) in [5.41, 5.74) is -0.885. The monoisotopic (exact) mass is 309 g/mol. The summed E-state index contributed by atoms with van der Waals surface area (Å²) in [5, 5.41) is 12.1. The molecule has 1 fully saturated rings. The second-order valence-electron chi connectivity index (χ2n) is 4.97. The molecule has 7 heteroatoms. The van der Waals surface area contributed by atoms with E-state index in [9.17, 15) is 14.7 Å². The second kappa shape index (κ2) is 5.48. The normalized spacial score (nSPS) is 23.6. The van der Waals surface area contributed by atoms with E-state index in [4.69, 9.17) is 9.47 Å². The van der Waals surface area contributed by atoms with E-state index in [0.717, 1.165) is 5.75 Å². The molecular weight excluding hydrogens is 294 g/mol. The first-order valence-corrected chi connectivity index (χ1v) is 7.80. The lowest BCUT2D eigenvalue weighted by atomic mass is 9.98. The highest BCUT2D eigenvalue weighted by Crippen LogP contribution is 2.35. The fourth-order valence-corrected chi connectivity index (χ4v) is 3.75. The van der Waals surface area contributed by atoms with Gasteiger partial charge in [-0.15, -0.1) is 0 Å². The zero-order valence-corrected chi connectivity index (χ0v) is 12.1. The number of ether oxygens (including phenoxy) is 2. The highest BCUT2D eigenvalue weighted by Gasteiger charge is 2.43. The number of amides is 1. The molecule has 0 aromatic heterocycles. The number of carbonyl (C=O) groups is 2. The maximum atomic E-state index is 12.5. The molecule has 1 amide bonds. The van der Waals surface area contributed by atoms with Crippen molar-refractivity contribution >= 4 is 23.6 Å². The number of benzene rings is 1. The average Bonchev–Trinajstić information content (AvgIpc) is 2.96. The Labute approximate surface area is 125 Å². The van der Waals surface area contributed by atoms with E-state index in [1.165, 1.54) is 11.8 Å². The third-order valence-electron chi connectivity index (χ3n) is 3.59. The van der Waals surface area contributed by atoms with Crippen LogP contribution in [0.3, 0.4) is 0 Å². The van der Waals surface area contributed by atoms with Crippen molar-refractivity contribution in [1.82, 2.24) is 5.32 Å². The SMILES string of the molecule is O=C(N[C@]1(C(=O)O)CCSC1)c1cccc2c1OCCO2. The summed E-state index contributed by atoms with van der Waals surface area (Å²) in [5.74, 6) is 0.552. The van der Waals surface area contributed by atoms with Crippen LogP contribution in [-0.2, 0) is 4.79 Å². The minimum Gasteiger partial charge on any atom is -0.486 e. The molecule has 1 aromatic carbocycles. The number of nitrogens with one attached hydrogen (secondary N) is 1. The molecule has 0 spiro atoms. The summed E-state index contributed by atoms with van der Waals surface area (Å²) in [6, 6.07) is 5.03.